The van der Waals surface area contributed by atoms with Gasteiger partial charge in [0.2, 0.25) is 15.9 Å². The van der Waals surface area contributed by atoms with Crippen LogP contribution in [-0.2, 0) is 14.8 Å². The fraction of sp³-hybridized carbons (Fsp3) is 0.435. The van der Waals surface area contributed by atoms with Gasteiger partial charge >= 0.3 is 0 Å². The van der Waals surface area contributed by atoms with E-state index in [-0.39, 0.29) is 10.8 Å². The Labute approximate surface area is 189 Å². The van der Waals surface area contributed by atoms with Crippen molar-refractivity contribution in [3.8, 4) is 11.5 Å². The van der Waals surface area contributed by atoms with Gasteiger partial charge in [-0.15, -0.1) is 0 Å². The van der Waals surface area contributed by atoms with Crippen LogP contribution in [0.15, 0.2) is 47.4 Å². The minimum atomic E-state index is -3.49. The lowest BCUT2D eigenvalue weighted by Gasteiger charge is -2.25. The molecular formula is C23H29N3O5S. The molecule has 0 bridgehead atoms. The fourth-order valence-corrected chi connectivity index (χ4v) is 5.30. The van der Waals surface area contributed by atoms with E-state index in [9.17, 15) is 13.2 Å². The molecule has 1 amide bonds. The maximum Gasteiger partial charge on any atom is 0.246 e. The van der Waals surface area contributed by atoms with E-state index < -0.39 is 16.1 Å². The molecule has 4 rings (SSSR count). The van der Waals surface area contributed by atoms with Crippen molar-refractivity contribution in [1.82, 2.24) is 4.31 Å². The molecule has 0 saturated carbocycles. The summed E-state index contributed by atoms with van der Waals surface area (Å²) in [5.74, 6) is 1.12. The van der Waals surface area contributed by atoms with Crippen LogP contribution in [0.4, 0.5) is 11.4 Å². The number of carbonyl (C=O) groups is 1. The van der Waals surface area contributed by atoms with Crippen LogP contribution in [0.1, 0.15) is 32.6 Å². The zero-order valence-corrected chi connectivity index (χ0v) is 19.0. The molecule has 1 saturated heterocycles. The van der Waals surface area contributed by atoms with Gasteiger partial charge in [0.25, 0.3) is 0 Å². The van der Waals surface area contributed by atoms with Crippen molar-refractivity contribution in [2.45, 2.75) is 43.5 Å². The molecule has 1 unspecified atom stereocenters. The highest BCUT2D eigenvalue weighted by Gasteiger charge is 2.26. The number of hydrogen-bond donors (Lipinski definition) is 2. The normalized spacial score (nSPS) is 17.8. The third kappa shape index (κ3) is 5.16. The van der Waals surface area contributed by atoms with Crippen LogP contribution in [0.2, 0.25) is 0 Å². The number of piperidine rings is 1. The van der Waals surface area contributed by atoms with Crippen LogP contribution in [-0.4, -0.2) is 51.0 Å². The van der Waals surface area contributed by atoms with E-state index >= 15 is 0 Å². The third-order valence-corrected chi connectivity index (χ3v) is 7.51. The lowest BCUT2D eigenvalue weighted by molar-refractivity contribution is -0.116. The number of sulfonamides is 1. The van der Waals surface area contributed by atoms with E-state index in [0.29, 0.717) is 43.5 Å². The largest absolute Gasteiger partial charge is 0.490 e. The Bertz CT molecular complexity index is 1050. The van der Waals surface area contributed by atoms with Gasteiger partial charge in [-0.05, 0) is 56.2 Å². The summed E-state index contributed by atoms with van der Waals surface area (Å²) < 4.78 is 38.4. The molecular weight excluding hydrogens is 430 g/mol. The summed E-state index contributed by atoms with van der Waals surface area (Å²) in [6, 6.07) is 11.3. The number of amides is 1. The smallest absolute Gasteiger partial charge is 0.246 e. The quantitative estimate of drug-likeness (QED) is 0.687. The molecule has 0 aromatic heterocycles. The molecule has 2 aromatic carbocycles. The number of rotatable bonds is 6. The standard InChI is InChI=1S/C23H29N3O5S/c1-17(24-19-8-11-21-22(16-19)31-15-5-14-30-21)23(27)25-18-6-9-20(10-7-18)32(28,29)26-12-3-2-4-13-26/h6-11,16-17,24H,2-5,12-15H2,1H3,(H,25,27). The Morgan fingerprint density at radius 3 is 2.28 bits per heavy atom. The Morgan fingerprint density at radius 1 is 0.906 bits per heavy atom. The number of hydrogen-bond acceptors (Lipinski definition) is 6. The highest BCUT2D eigenvalue weighted by atomic mass is 32.2. The first kappa shape index (κ1) is 22.4. The Morgan fingerprint density at radius 2 is 1.56 bits per heavy atom. The molecule has 1 atom stereocenters. The third-order valence-electron chi connectivity index (χ3n) is 5.60. The summed E-state index contributed by atoms with van der Waals surface area (Å²) in [5, 5.41) is 5.99. The van der Waals surface area contributed by atoms with Crippen molar-refractivity contribution in [2.75, 3.05) is 36.9 Å². The molecule has 2 heterocycles. The van der Waals surface area contributed by atoms with E-state index in [2.05, 4.69) is 10.6 Å². The van der Waals surface area contributed by atoms with Crippen molar-refractivity contribution in [3.63, 3.8) is 0 Å². The van der Waals surface area contributed by atoms with Gasteiger partial charge in [0.1, 0.15) is 6.04 Å². The minimum Gasteiger partial charge on any atom is -0.490 e. The number of nitrogens with zero attached hydrogens (tertiary/aromatic N) is 1. The average Bonchev–Trinajstić information content (AvgIpc) is 3.05. The fourth-order valence-electron chi connectivity index (χ4n) is 3.78. The molecule has 0 spiro atoms. The van der Waals surface area contributed by atoms with Gasteiger partial charge in [-0.25, -0.2) is 8.42 Å². The summed E-state index contributed by atoms with van der Waals surface area (Å²) in [5.41, 5.74) is 1.29. The molecule has 9 heteroatoms. The van der Waals surface area contributed by atoms with Gasteiger partial charge in [-0.1, -0.05) is 6.42 Å². The van der Waals surface area contributed by atoms with Crippen molar-refractivity contribution < 1.29 is 22.7 Å². The Hall–Kier alpha value is -2.78. The monoisotopic (exact) mass is 459 g/mol. The SMILES string of the molecule is CC(Nc1ccc2c(c1)OCCCO2)C(=O)Nc1ccc(S(=O)(=O)N2CCCCC2)cc1. The number of nitrogens with one attached hydrogen (secondary N) is 2. The van der Waals surface area contributed by atoms with Crippen molar-refractivity contribution in [1.29, 1.82) is 0 Å². The number of carbonyl (C=O) groups excluding carboxylic acids is 1. The summed E-state index contributed by atoms with van der Waals surface area (Å²) in [6.45, 7) is 4.09. The van der Waals surface area contributed by atoms with E-state index in [1.165, 1.54) is 4.31 Å². The molecule has 0 radical (unpaired) electrons. The van der Waals surface area contributed by atoms with Crippen LogP contribution < -0.4 is 20.1 Å². The maximum absolute atomic E-state index is 12.8. The lowest BCUT2D eigenvalue weighted by Crippen LogP contribution is -2.35. The van der Waals surface area contributed by atoms with E-state index in [1.807, 2.05) is 18.2 Å². The van der Waals surface area contributed by atoms with Gasteiger partial charge in [0.05, 0.1) is 18.1 Å². The van der Waals surface area contributed by atoms with Crippen LogP contribution in [0.3, 0.4) is 0 Å². The predicted octanol–water partition coefficient (Wildman–Crippen LogP) is 3.46. The number of benzene rings is 2. The second-order valence-corrected chi connectivity index (χ2v) is 9.99. The highest BCUT2D eigenvalue weighted by Crippen LogP contribution is 2.32. The number of ether oxygens (including phenoxy) is 2. The zero-order chi connectivity index (χ0) is 22.6. The lowest BCUT2D eigenvalue weighted by atomic mass is 10.2. The topological polar surface area (TPSA) is 97.0 Å². The van der Waals surface area contributed by atoms with E-state index in [0.717, 1.165) is 31.4 Å². The molecule has 2 N–H and O–H groups in total. The average molecular weight is 460 g/mol. The Balaban J connectivity index is 1.37. The van der Waals surface area contributed by atoms with Crippen molar-refractivity contribution in [3.05, 3.63) is 42.5 Å². The first-order valence-electron chi connectivity index (χ1n) is 11.0. The van der Waals surface area contributed by atoms with Crippen LogP contribution >= 0.6 is 0 Å². The predicted molar refractivity (Wildman–Crippen MR) is 123 cm³/mol. The molecule has 172 valence electrons. The molecule has 0 aliphatic carbocycles. The van der Waals surface area contributed by atoms with Gasteiger partial charge < -0.3 is 20.1 Å². The zero-order valence-electron chi connectivity index (χ0n) is 18.2. The van der Waals surface area contributed by atoms with Gasteiger partial charge in [0, 0.05) is 37.0 Å². The molecule has 1 fully saturated rings. The molecule has 8 nitrogen and oxygen atoms in total. The molecule has 32 heavy (non-hydrogen) atoms. The summed E-state index contributed by atoms with van der Waals surface area (Å²) in [6.07, 6.45) is 3.67. The Kier molecular flexibility index (Phi) is 6.86. The first-order valence-corrected chi connectivity index (χ1v) is 12.4. The second-order valence-electron chi connectivity index (χ2n) is 8.06. The van der Waals surface area contributed by atoms with Gasteiger partial charge in [-0.2, -0.15) is 4.31 Å². The van der Waals surface area contributed by atoms with Crippen LogP contribution in [0.25, 0.3) is 0 Å². The number of fused-ring (bicyclic) bond motifs is 1. The first-order chi connectivity index (χ1) is 15.4. The van der Waals surface area contributed by atoms with Gasteiger partial charge in [0.15, 0.2) is 11.5 Å². The van der Waals surface area contributed by atoms with Crippen LogP contribution in [0, 0.1) is 0 Å². The molecule has 2 aromatic rings. The van der Waals surface area contributed by atoms with Crippen LogP contribution in [0.5, 0.6) is 11.5 Å². The summed E-state index contributed by atoms with van der Waals surface area (Å²) in [7, 11) is -3.49. The second kappa shape index (κ2) is 9.79. The highest BCUT2D eigenvalue weighted by molar-refractivity contribution is 7.89. The summed E-state index contributed by atoms with van der Waals surface area (Å²) in [4.78, 5) is 12.9. The van der Waals surface area contributed by atoms with Crippen molar-refractivity contribution >= 4 is 27.3 Å². The number of anilines is 2. The molecule has 2 aliphatic rings. The summed E-state index contributed by atoms with van der Waals surface area (Å²) >= 11 is 0. The minimum absolute atomic E-state index is 0.233. The molecule has 2 aliphatic heterocycles. The van der Waals surface area contributed by atoms with Gasteiger partial charge in [-0.3, -0.25) is 4.79 Å². The van der Waals surface area contributed by atoms with E-state index in [4.69, 9.17) is 9.47 Å². The van der Waals surface area contributed by atoms with Crippen molar-refractivity contribution in [2.24, 2.45) is 0 Å². The maximum atomic E-state index is 12.8. The van der Waals surface area contributed by atoms with E-state index in [1.54, 1.807) is 31.2 Å².